The first-order valence-corrected chi connectivity index (χ1v) is 11.6. The van der Waals surface area contributed by atoms with E-state index in [-0.39, 0.29) is 12.5 Å². The summed E-state index contributed by atoms with van der Waals surface area (Å²) in [7, 11) is -3.57. The number of benzene rings is 3. The molecule has 3 aromatic rings. The summed E-state index contributed by atoms with van der Waals surface area (Å²) >= 11 is 12.2. The number of aryl methyl sites for hydroxylation is 1. The summed E-state index contributed by atoms with van der Waals surface area (Å²) in [6.07, 6.45) is 1.13. The standard InChI is InChI=1S/C22H20Cl2N2O3S/c1-15-7-10-18(23)13-21(15)25-22(27)16-8-11-19(12-9-16)26(30(2,28)29)14-17-5-3-4-6-20(17)24/h3-13H,14H2,1-2H3,(H,25,27). The largest absolute Gasteiger partial charge is 0.322 e. The summed E-state index contributed by atoms with van der Waals surface area (Å²) in [4.78, 5) is 12.6. The Balaban J connectivity index is 1.84. The molecule has 156 valence electrons. The maximum Gasteiger partial charge on any atom is 0.255 e. The van der Waals surface area contributed by atoms with Gasteiger partial charge in [0.1, 0.15) is 0 Å². The van der Waals surface area contributed by atoms with Gasteiger partial charge < -0.3 is 5.32 Å². The zero-order chi connectivity index (χ0) is 21.9. The van der Waals surface area contributed by atoms with Crippen LogP contribution in [0.15, 0.2) is 66.7 Å². The highest BCUT2D eigenvalue weighted by molar-refractivity contribution is 7.92. The van der Waals surface area contributed by atoms with Crippen LogP contribution in [0.4, 0.5) is 11.4 Å². The Kier molecular flexibility index (Phi) is 6.71. The second-order valence-electron chi connectivity index (χ2n) is 6.82. The Labute approximate surface area is 186 Å². The molecule has 3 aromatic carbocycles. The van der Waals surface area contributed by atoms with Crippen LogP contribution in [-0.4, -0.2) is 20.6 Å². The number of nitrogens with one attached hydrogen (secondary N) is 1. The highest BCUT2D eigenvalue weighted by Crippen LogP contribution is 2.25. The molecule has 1 amide bonds. The van der Waals surface area contributed by atoms with Crippen LogP contribution >= 0.6 is 23.2 Å². The number of rotatable bonds is 6. The van der Waals surface area contributed by atoms with Gasteiger partial charge in [-0.3, -0.25) is 9.10 Å². The Morgan fingerprint density at radius 1 is 1.00 bits per heavy atom. The fourth-order valence-corrected chi connectivity index (χ4v) is 4.13. The number of amides is 1. The van der Waals surface area contributed by atoms with Gasteiger partial charge in [0, 0.05) is 21.3 Å². The smallest absolute Gasteiger partial charge is 0.255 e. The summed E-state index contributed by atoms with van der Waals surface area (Å²) in [5.41, 5.74) is 3.01. The summed E-state index contributed by atoms with van der Waals surface area (Å²) in [5.74, 6) is -0.316. The quantitative estimate of drug-likeness (QED) is 0.524. The van der Waals surface area contributed by atoms with Crippen LogP contribution in [0.25, 0.3) is 0 Å². The summed E-state index contributed by atoms with van der Waals surface area (Å²) in [6, 6.07) is 18.7. The lowest BCUT2D eigenvalue weighted by Gasteiger charge is -2.23. The molecule has 3 rings (SSSR count). The van der Waals surface area contributed by atoms with Gasteiger partial charge in [-0.15, -0.1) is 0 Å². The number of hydrogen-bond donors (Lipinski definition) is 1. The van der Waals surface area contributed by atoms with Crippen LogP contribution in [0, 0.1) is 6.92 Å². The second kappa shape index (κ2) is 9.08. The number of halogens is 2. The Morgan fingerprint density at radius 2 is 1.67 bits per heavy atom. The lowest BCUT2D eigenvalue weighted by Crippen LogP contribution is -2.29. The van der Waals surface area contributed by atoms with Gasteiger partial charge in [0.05, 0.1) is 18.5 Å². The lowest BCUT2D eigenvalue weighted by atomic mass is 10.1. The van der Waals surface area contributed by atoms with Crippen molar-refractivity contribution in [2.45, 2.75) is 13.5 Å². The summed E-state index contributed by atoms with van der Waals surface area (Å²) in [5, 5.41) is 3.83. The third-order valence-electron chi connectivity index (χ3n) is 4.54. The molecule has 0 unspecified atom stereocenters. The minimum atomic E-state index is -3.57. The van der Waals surface area contributed by atoms with E-state index in [0.29, 0.717) is 32.5 Å². The van der Waals surface area contributed by atoms with Crippen molar-refractivity contribution in [3.63, 3.8) is 0 Å². The molecule has 0 heterocycles. The SMILES string of the molecule is Cc1ccc(Cl)cc1NC(=O)c1ccc(N(Cc2ccccc2Cl)S(C)(=O)=O)cc1. The van der Waals surface area contributed by atoms with Gasteiger partial charge >= 0.3 is 0 Å². The Bertz CT molecular complexity index is 1180. The average Bonchev–Trinajstić information content (AvgIpc) is 2.69. The van der Waals surface area contributed by atoms with Crippen molar-refractivity contribution in [2.24, 2.45) is 0 Å². The van der Waals surface area contributed by atoms with Crippen LogP contribution < -0.4 is 9.62 Å². The van der Waals surface area contributed by atoms with E-state index in [9.17, 15) is 13.2 Å². The maximum atomic E-state index is 12.6. The van der Waals surface area contributed by atoms with Gasteiger partial charge in [-0.05, 0) is 60.5 Å². The normalized spacial score (nSPS) is 11.2. The fourth-order valence-electron chi connectivity index (χ4n) is 2.88. The molecule has 0 atom stereocenters. The molecule has 0 saturated carbocycles. The van der Waals surface area contributed by atoms with Crippen molar-refractivity contribution in [1.82, 2.24) is 0 Å². The monoisotopic (exact) mass is 462 g/mol. The molecule has 30 heavy (non-hydrogen) atoms. The van der Waals surface area contributed by atoms with E-state index in [1.165, 1.54) is 4.31 Å². The third-order valence-corrected chi connectivity index (χ3v) is 6.28. The molecule has 0 aliphatic heterocycles. The summed E-state index contributed by atoms with van der Waals surface area (Å²) < 4.78 is 26.0. The molecular weight excluding hydrogens is 443 g/mol. The average molecular weight is 463 g/mol. The van der Waals surface area contributed by atoms with Crippen LogP contribution in [0.3, 0.4) is 0 Å². The van der Waals surface area contributed by atoms with Crippen molar-refractivity contribution >= 4 is 50.5 Å². The first kappa shape index (κ1) is 22.2. The molecule has 0 saturated heterocycles. The van der Waals surface area contributed by atoms with Crippen LogP contribution in [-0.2, 0) is 16.6 Å². The van der Waals surface area contributed by atoms with Crippen molar-refractivity contribution in [3.05, 3.63) is 93.5 Å². The molecule has 0 spiro atoms. The summed E-state index contributed by atoms with van der Waals surface area (Å²) in [6.45, 7) is 1.96. The van der Waals surface area contributed by atoms with Gasteiger partial charge in [-0.2, -0.15) is 0 Å². The van der Waals surface area contributed by atoms with E-state index < -0.39 is 10.0 Å². The number of anilines is 2. The zero-order valence-electron chi connectivity index (χ0n) is 16.4. The highest BCUT2D eigenvalue weighted by Gasteiger charge is 2.19. The molecule has 1 N–H and O–H groups in total. The van der Waals surface area contributed by atoms with Gasteiger partial charge in [0.2, 0.25) is 10.0 Å². The topological polar surface area (TPSA) is 66.5 Å². The number of carbonyl (C=O) groups excluding carboxylic acids is 1. The molecule has 0 aliphatic carbocycles. The first-order valence-electron chi connectivity index (χ1n) is 9.04. The maximum absolute atomic E-state index is 12.6. The van der Waals surface area contributed by atoms with Crippen LogP contribution in [0.1, 0.15) is 21.5 Å². The number of hydrogen-bond acceptors (Lipinski definition) is 3. The van der Waals surface area contributed by atoms with E-state index in [0.717, 1.165) is 11.8 Å². The minimum absolute atomic E-state index is 0.0890. The van der Waals surface area contributed by atoms with Gasteiger partial charge in [0.25, 0.3) is 5.91 Å². The highest BCUT2D eigenvalue weighted by atomic mass is 35.5. The van der Waals surface area contributed by atoms with Crippen molar-refractivity contribution in [1.29, 1.82) is 0 Å². The molecular formula is C22H20Cl2N2O3S. The van der Waals surface area contributed by atoms with Crippen molar-refractivity contribution in [2.75, 3.05) is 15.9 Å². The van der Waals surface area contributed by atoms with E-state index in [4.69, 9.17) is 23.2 Å². The number of nitrogens with zero attached hydrogens (tertiary/aromatic N) is 1. The van der Waals surface area contributed by atoms with Crippen molar-refractivity contribution in [3.8, 4) is 0 Å². The molecule has 0 radical (unpaired) electrons. The molecule has 0 aromatic heterocycles. The Hall–Kier alpha value is -2.54. The number of sulfonamides is 1. The van der Waals surface area contributed by atoms with Crippen LogP contribution in [0.2, 0.25) is 10.0 Å². The molecule has 0 bridgehead atoms. The predicted molar refractivity (Wildman–Crippen MR) is 123 cm³/mol. The molecule has 8 heteroatoms. The van der Waals surface area contributed by atoms with Gasteiger partial charge in [0.15, 0.2) is 0 Å². The zero-order valence-corrected chi connectivity index (χ0v) is 18.7. The minimum Gasteiger partial charge on any atom is -0.322 e. The van der Waals surface area contributed by atoms with Gasteiger partial charge in [-0.1, -0.05) is 47.5 Å². The predicted octanol–water partition coefficient (Wildman–Crippen LogP) is 5.52. The third kappa shape index (κ3) is 5.33. The molecule has 5 nitrogen and oxygen atoms in total. The molecule has 0 fully saturated rings. The number of carbonyl (C=O) groups is 1. The Morgan fingerprint density at radius 3 is 2.30 bits per heavy atom. The fraction of sp³-hybridized carbons (Fsp3) is 0.136. The molecule has 0 aliphatic rings. The first-order chi connectivity index (χ1) is 14.1. The van der Waals surface area contributed by atoms with Crippen LogP contribution in [0.5, 0.6) is 0 Å². The van der Waals surface area contributed by atoms with Crippen molar-refractivity contribution < 1.29 is 13.2 Å². The van der Waals surface area contributed by atoms with E-state index in [1.807, 2.05) is 13.0 Å². The van der Waals surface area contributed by atoms with E-state index in [2.05, 4.69) is 5.32 Å². The van der Waals surface area contributed by atoms with E-state index >= 15 is 0 Å². The van der Waals surface area contributed by atoms with E-state index in [1.54, 1.807) is 60.7 Å². The second-order valence-corrected chi connectivity index (χ2v) is 9.57. The van der Waals surface area contributed by atoms with Gasteiger partial charge in [-0.25, -0.2) is 8.42 Å². The lowest BCUT2D eigenvalue weighted by molar-refractivity contribution is 0.102.